The third-order valence-electron chi connectivity index (χ3n) is 4.41. The van der Waals surface area contributed by atoms with E-state index < -0.39 is 15.9 Å². The number of hydrogen-bond donors (Lipinski definition) is 1. The quantitative estimate of drug-likeness (QED) is 0.841. The van der Waals surface area contributed by atoms with Crippen molar-refractivity contribution in [1.29, 1.82) is 0 Å². The van der Waals surface area contributed by atoms with Crippen LogP contribution in [0.1, 0.15) is 36.5 Å². The number of ether oxygens (including phenoxy) is 1. The predicted molar refractivity (Wildman–Crippen MR) is 100 cm³/mol. The summed E-state index contributed by atoms with van der Waals surface area (Å²) < 4.78 is 33.1. The molecule has 0 spiro atoms. The highest BCUT2D eigenvalue weighted by Gasteiger charge is 2.33. The van der Waals surface area contributed by atoms with Crippen LogP contribution in [0.3, 0.4) is 0 Å². The van der Waals surface area contributed by atoms with Gasteiger partial charge in [0.05, 0.1) is 7.11 Å². The normalized spacial score (nSPS) is 18.5. The molecule has 0 radical (unpaired) electrons. The molecule has 0 saturated carbocycles. The van der Waals surface area contributed by atoms with Crippen LogP contribution in [0.25, 0.3) is 0 Å². The summed E-state index contributed by atoms with van der Waals surface area (Å²) in [5, 5.41) is 4.87. The van der Waals surface area contributed by atoms with E-state index in [1.54, 1.807) is 17.6 Å². The maximum absolute atomic E-state index is 13.2. The van der Waals surface area contributed by atoms with Crippen molar-refractivity contribution in [3.63, 3.8) is 0 Å². The number of carbonyl (C=O) groups is 1. The number of anilines is 1. The van der Waals surface area contributed by atoms with Crippen molar-refractivity contribution in [2.75, 3.05) is 19.0 Å². The average molecular weight is 396 g/mol. The molecule has 1 atom stereocenters. The van der Waals surface area contributed by atoms with Gasteiger partial charge in [-0.05, 0) is 38.0 Å². The Morgan fingerprint density at radius 3 is 2.85 bits per heavy atom. The van der Waals surface area contributed by atoms with Crippen molar-refractivity contribution in [3.8, 4) is 5.75 Å². The third kappa shape index (κ3) is 3.74. The Labute approximate surface area is 157 Å². The molecule has 140 valence electrons. The smallest absolute Gasteiger partial charge is 0.257 e. The minimum Gasteiger partial charge on any atom is -0.495 e. The zero-order valence-corrected chi connectivity index (χ0v) is 16.3. The SMILES string of the molecule is COc1ccc(C(=O)Nc2nccs2)cc1S(=O)(=O)N1CCCC[C@@H]1C. The van der Waals surface area contributed by atoms with Gasteiger partial charge in [0.25, 0.3) is 5.91 Å². The number of nitrogens with zero attached hydrogens (tertiary/aromatic N) is 2. The lowest BCUT2D eigenvalue weighted by Gasteiger charge is -2.32. The molecule has 0 unspecified atom stereocenters. The first-order valence-corrected chi connectivity index (χ1v) is 10.7. The Hall–Kier alpha value is -1.97. The predicted octanol–water partition coefficient (Wildman–Crippen LogP) is 2.97. The van der Waals surface area contributed by atoms with E-state index in [1.807, 2.05) is 6.92 Å². The summed E-state index contributed by atoms with van der Waals surface area (Å²) in [6.45, 7) is 2.38. The van der Waals surface area contributed by atoms with Crippen LogP contribution < -0.4 is 10.1 Å². The maximum atomic E-state index is 13.2. The number of aromatic nitrogens is 1. The number of rotatable bonds is 5. The highest BCUT2D eigenvalue weighted by Crippen LogP contribution is 2.32. The van der Waals surface area contributed by atoms with Crippen molar-refractivity contribution in [2.24, 2.45) is 0 Å². The number of nitrogens with one attached hydrogen (secondary N) is 1. The van der Waals surface area contributed by atoms with E-state index in [0.717, 1.165) is 19.3 Å². The van der Waals surface area contributed by atoms with Crippen LogP contribution >= 0.6 is 11.3 Å². The van der Waals surface area contributed by atoms with Crippen molar-refractivity contribution in [3.05, 3.63) is 35.3 Å². The lowest BCUT2D eigenvalue weighted by atomic mass is 10.1. The Kier molecular flexibility index (Phi) is 5.59. The summed E-state index contributed by atoms with van der Waals surface area (Å²) >= 11 is 1.29. The fourth-order valence-electron chi connectivity index (χ4n) is 3.03. The first-order chi connectivity index (χ1) is 12.4. The Morgan fingerprint density at radius 2 is 2.19 bits per heavy atom. The van der Waals surface area contributed by atoms with E-state index in [-0.39, 0.29) is 22.3 Å². The average Bonchev–Trinajstić information content (AvgIpc) is 3.14. The second-order valence-corrected chi connectivity index (χ2v) is 8.87. The van der Waals surface area contributed by atoms with Gasteiger partial charge in [-0.3, -0.25) is 10.1 Å². The van der Waals surface area contributed by atoms with Gasteiger partial charge in [-0.2, -0.15) is 4.31 Å². The molecule has 1 aliphatic rings. The number of hydrogen-bond acceptors (Lipinski definition) is 6. The first kappa shape index (κ1) is 18.8. The largest absolute Gasteiger partial charge is 0.495 e. The highest BCUT2D eigenvalue weighted by molar-refractivity contribution is 7.89. The van der Waals surface area contributed by atoms with Gasteiger partial charge in [-0.1, -0.05) is 6.42 Å². The minimum absolute atomic E-state index is 0.0144. The van der Waals surface area contributed by atoms with Crippen LogP contribution in [0.5, 0.6) is 5.75 Å². The van der Waals surface area contributed by atoms with E-state index in [4.69, 9.17) is 4.74 Å². The van der Waals surface area contributed by atoms with Crippen LogP contribution in [0.2, 0.25) is 0 Å². The maximum Gasteiger partial charge on any atom is 0.257 e. The van der Waals surface area contributed by atoms with Crippen LogP contribution in [0.15, 0.2) is 34.7 Å². The molecule has 1 N–H and O–H groups in total. The molecule has 26 heavy (non-hydrogen) atoms. The summed E-state index contributed by atoms with van der Waals surface area (Å²) in [6, 6.07) is 4.35. The summed E-state index contributed by atoms with van der Waals surface area (Å²) in [7, 11) is -2.34. The number of carbonyl (C=O) groups excluding carboxylic acids is 1. The van der Waals surface area contributed by atoms with E-state index in [9.17, 15) is 13.2 Å². The molecule has 2 aromatic rings. The molecule has 1 aromatic heterocycles. The van der Waals surface area contributed by atoms with Crippen LogP contribution in [-0.4, -0.2) is 43.3 Å². The number of thiazole rings is 1. The Morgan fingerprint density at radius 1 is 1.38 bits per heavy atom. The Balaban J connectivity index is 1.96. The van der Waals surface area contributed by atoms with Gasteiger partial charge in [0.1, 0.15) is 10.6 Å². The van der Waals surface area contributed by atoms with Crippen molar-refractivity contribution >= 4 is 32.4 Å². The molecular weight excluding hydrogens is 374 g/mol. The Bertz CT molecular complexity index is 881. The molecule has 9 heteroatoms. The standard InChI is InChI=1S/C17H21N3O4S2/c1-12-5-3-4-9-20(12)26(22,23)15-11-13(6-7-14(15)24-2)16(21)19-17-18-8-10-25-17/h6-8,10-12H,3-5,9H2,1-2H3,(H,18,19,21)/t12-/m0/s1. The van der Waals surface area contributed by atoms with Crippen LogP contribution in [-0.2, 0) is 10.0 Å². The van der Waals surface area contributed by atoms with Crippen LogP contribution in [0, 0.1) is 0 Å². The van der Waals surface area contributed by atoms with Gasteiger partial charge in [0, 0.05) is 29.7 Å². The van der Waals surface area contributed by atoms with E-state index >= 15 is 0 Å². The van der Waals surface area contributed by atoms with Crippen molar-refractivity contribution in [1.82, 2.24) is 9.29 Å². The minimum atomic E-state index is -3.76. The monoisotopic (exact) mass is 395 g/mol. The fourth-order valence-corrected chi connectivity index (χ4v) is 5.44. The first-order valence-electron chi connectivity index (χ1n) is 8.34. The number of sulfonamides is 1. The molecule has 1 aromatic carbocycles. The summed E-state index contributed by atoms with van der Waals surface area (Å²) in [5.74, 6) is -0.181. The molecule has 2 heterocycles. The molecule has 1 amide bonds. The topological polar surface area (TPSA) is 88.6 Å². The zero-order valence-electron chi connectivity index (χ0n) is 14.6. The van der Waals surface area contributed by atoms with Gasteiger partial charge >= 0.3 is 0 Å². The second-order valence-electron chi connectivity index (χ2n) is 6.12. The number of methoxy groups -OCH3 is 1. The number of benzene rings is 1. The van der Waals surface area contributed by atoms with Crippen molar-refractivity contribution in [2.45, 2.75) is 37.1 Å². The highest BCUT2D eigenvalue weighted by atomic mass is 32.2. The molecule has 1 fully saturated rings. The molecule has 3 rings (SSSR count). The lowest BCUT2D eigenvalue weighted by molar-refractivity contribution is 0.102. The molecule has 1 saturated heterocycles. The van der Waals surface area contributed by atoms with Gasteiger partial charge in [0.2, 0.25) is 10.0 Å². The van der Waals surface area contributed by atoms with E-state index in [1.165, 1.54) is 34.9 Å². The van der Waals surface area contributed by atoms with E-state index in [2.05, 4.69) is 10.3 Å². The second kappa shape index (κ2) is 7.73. The summed E-state index contributed by atoms with van der Waals surface area (Å²) in [6.07, 6.45) is 4.25. The molecule has 7 nitrogen and oxygen atoms in total. The van der Waals surface area contributed by atoms with Crippen LogP contribution in [0.4, 0.5) is 5.13 Å². The van der Waals surface area contributed by atoms with Gasteiger partial charge in [-0.15, -0.1) is 11.3 Å². The van der Waals surface area contributed by atoms with E-state index in [0.29, 0.717) is 11.7 Å². The van der Waals surface area contributed by atoms with Gasteiger partial charge in [0.15, 0.2) is 5.13 Å². The fraction of sp³-hybridized carbons (Fsp3) is 0.412. The summed E-state index contributed by atoms with van der Waals surface area (Å²) in [5.41, 5.74) is 0.240. The third-order valence-corrected chi connectivity index (χ3v) is 7.13. The molecular formula is C17H21N3O4S2. The lowest BCUT2D eigenvalue weighted by Crippen LogP contribution is -2.42. The number of amides is 1. The molecule has 1 aliphatic heterocycles. The van der Waals surface area contributed by atoms with Gasteiger partial charge < -0.3 is 4.74 Å². The number of piperidine rings is 1. The summed E-state index contributed by atoms with van der Waals surface area (Å²) in [4.78, 5) is 16.5. The van der Waals surface area contributed by atoms with Crippen molar-refractivity contribution < 1.29 is 17.9 Å². The molecule has 0 bridgehead atoms. The van der Waals surface area contributed by atoms with Gasteiger partial charge in [-0.25, -0.2) is 13.4 Å². The molecule has 0 aliphatic carbocycles. The zero-order chi connectivity index (χ0) is 18.7.